The van der Waals surface area contributed by atoms with E-state index in [9.17, 15) is 4.79 Å². The van der Waals surface area contributed by atoms with E-state index >= 15 is 0 Å². The number of pyridine rings is 1. The predicted octanol–water partition coefficient (Wildman–Crippen LogP) is 8.41. The van der Waals surface area contributed by atoms with Crippen molar-refractivity contribution in [2.75, 3.05) is 31.6 Å². The number of hydrogen-bond acceptors (Lipinski definition) is 8. The second kappa shape index (κ2) is 15.8. The van der Waals surface area contributed by atoms with Crippen LogP contribution in [-0.4, -0.2) is 109 Å². The minimum absolute atomic E-state index is 0.140. The quantitative estimate of drug-likeness (QED) is 0.0908. The summed E-state index contributed by atoms with van der Waals surface area (Å²) in [5.41, 5.74) is 3.31. The molecule has 51 heavy (non-hydrogen) atoms. The average Bonchev–Trinajstić information content (AvgIpc) is 3.55. The Hall–Kier alpha value is -2.01. The zero-order valence-electron chi connectivity index (χ0n) is 33.5. The van der Waals surface area contributed by atoms with Crippen molar-refractivity contribution >= 4 is 55.8 Å². The fourth-order valence-electron chi connectivity index (χ4n) is 6.91. The van der Waals surface area contributed by atoms with Crippen molar-refractivity contribution in [3.63, 3.8) is 0 Å². The van der Waals surface area contributed by atoms with Crippen LogP contribution in [0.15, 0.2) is 30.6 Å². The molecule has 0 saturated carbocycles. The summed E-state index contributed by atoms with van der Waals surface area (Å²) >= 11 is -2.33. The van der Waals surface area contributed by atoms with E-state index in [1.54, 1.807) is 0 Å². The van der Waals surface area contributed by atoms with E-state index in [1.165, 1.54) is 3.71 Å². The average molecular weight is 844 g/mol. The number of amides is 1. The Morgan fingerprint density at radius 2 is 1.51 bits per heavy atom. The zero-order valence-corrected chi connectivity index (χ0v) is 38.4. The van der Waals surface area contributed by atoms with Crippen LogP contribution >= 0.6 is 0 Å². The number of rotatable bonds is 14. The van der Waals surface area contributed by atoms with Gasteiger partial charge in [0.05, 0.1) is 0 Å². The van der Waals surface area contributed by atoms with E-state index < -0.39 is 40.1 Å². The Labute approximate surface area is 312 Å². The first-order chi connectivity index (χ1) is 23.7. The van der Waals surface area contributed by atoms with Crippen LogP contribution in [0.3, 0.4) is 0 Å². The summed E-state index contributed by atoms with van der Waals surface area (Å²) in [7, 11) is -2.51. The summed E-state index contributed by atoms with van der Waals surface area (Å²) in [6.45, 7) is 22.3. The molecule has 0 radical (unpaired) electrons. The molecule has 3 aromatic heterocycles. The third-order valence-corrected chi connectivity index (χ3v) is 18.5. The van der Waals surface area contributed by atoms with Gasteiger partial charge in [0.25, 0.3) is 0 Å². The number of anilines is 1. The van der Waals surface area contributed by atoms with Crippen molar-refractivity contribution in [2.24, 2.45) is 0 Å². The van der Waals surface area contributed by atoms with Gasteiger partial charge in [0.1, 0.15) is 5.60 Å². The van der Waals surface area contributed by atoms with Crippen molar-refractivity contribution in [3.05, 3.63) is 36.3 Å². The normalized spacial score (nSPS) is 19.9. The van der Waals surface area contributed by atoms with Gasteiger partial charge in [0.15, 0.2) is 0 Å². The van der Waals surface area contributed by atoms with Gasteiger partial charge in [0.2, 0.25) is 0 Å². The fourth-order valence-corrected chi connectivity index (χ4v) is 11.4. The Kier molecular flexibility index (Phi) is 12.4. The van der Waals surface area contributed by atoms with Gasteiger partial charge in [-0.2, -0.15) is 0 Å². The number of aromatic nitrogens is 4. The molecule has 13 heteroatoms. The van der Waals surface area contributed by atoms with Gasteiger partial charge in [-0.1, -0.05) is 39.3 Å². The van der Waals surface area contributed by atoms with Crippen molar-refractivity contribution in [1.29, 1.82) is 0 Å². The summed E-state index contributed by atoms with van der Waals surface area (Å²) in [5.74, 6) is 1.12. The molecule has 5 rings (SSSR count). The van der Waals surface area contributed by atoms with E-state index in [-0.39, 0.29) is 24.1 Å². The van der Waals surface area contributed by atoms with E-state index in [0.29, 0.717) is 13.5 Å². The first-order valence-corrected chi connectivity index (χ1v) is 36.4. The molecule has 1 amide bonds. The van der Waals surface area contributed by atoms with Crippen LogP contribution in [0.5, 0.6) is 0 Å². The Morgan fingerprint density at radius 3 is 2.00 bits per heavy atom. The number of nitrogens with zero attached hydrogens (tertiary/aromatic N) is 6. The first-order valence-electron chi connectivity index (χ1n) is 19.0. The van der Waals surface area contributed by atoms with Crippen LogP contribution < -0.4 is 8.61 Å². The molecular formula is C38H64N6O4Si2Sn. The van der Waals surface area contributed by atoms with E-state index in [0.717, 1.165) is 79.3 Å². The molecule has 2 atom stereocenters. The summed E-state index contributed by atoms with van der Waals surface area (Å²) in [5, 5.41) is 4.95. The molecule has 10 nitrogen and oxygen atoms in total. The molecule has 3 aromatic rings. The summed E-state index contributed by atoms with van der Waals surface area (Å²) in [6.07, 6.45) is 7.44. The molecule has 0 unspecified atom stereocenters. The standard InChI is InChI=1S/C35H55N6O4Si2.3CH3.Sn/c1-35(2,3)45-34(42)40-28-12-13-29(40)20-27(19-28)31-21-32(41-33(38-31)30(23-37-41)26-11-10-14-36-22-26)39(24-43-15-17-46(4,5)6)25-44-16-18-47(7,8)9;;;;/h10-11,21-23,27-29H,12-13,15-20,24-25H2,1-9H3;3*1H3;/t28-,29-;;;;/m0..../s1. The van der Waals surface area contributed by atoms with Crippen molar-refractivity contribution < 1.29 is 19.0 Å². The van der Waals surface area contributed by atoms with Crippen LogP contribution in [0.1, 0.15) is 58.1 Å². The van der Waals surface area contributed by atoms with Crippen LogP contribution in [0.4, 0.5) is 10.6 Å². The molecule has 5 heterocycles. The Morgan fingerprint density at radius 1 is 0.922 bits per heavy atom. The molecule has 2 saturated heterocycles. The predicted molar refractivity (Wildman–Crippen MR) is 216 cm³/mol. The Balaban J connectivity index is 1.53. The molecule has 0 aliphatic carbocycles. The number of fused-ring (bicyclic) bond motifs is 3. The van der Waals surface area contributed by atoms with Gasteiger partial charge in [-0.05, 0) is 32.9 Å². The maximum atomic E-state index is 13.3. The number of carbonyl (C=O) groups is 1. The van der Waals surface area contributed by atoms with Gasteiger partial charge in [-0.25, -0.2) is 4.79 Å². The van der Waals surface area contributed by atoms with Crippen LogP contribution in [0, 0.1) is 0 Å². The molecule has 2 aliphatic heterocycles. The summed E-state index contributed by atoms with van der Waals surface area (Å²) in [4.78, 5) is 35.0. The van der Waals surface area contributed by atoms with Crippen LogP contribution in [0.25, 0.3) is 16.8 Å². The molecule has 2 bridgehead atoms. The molecule has 282 valence electrons. The number of ether oxygens (including phenoxy) is 3. The SMILES string of the molecule is CC(C)(C)OC(=O)N1[C@H]2CC[C@H]1CC(c1cc(N(COCC[Si](C)(C)C)COCC[Si](C)(C)C)n3ncc(-c4cc[c]([Sn]([CH3])([CH3])[CH3])nc4)c3n1)C2. The fraction of sp³-hybridized carbons (Fsp3) is 0.684. The van der Waals surface area contributed by atoms with E-state index in [4.69, 9.17) is 29.3 Å². The molecule has 2 aliphatic rings. The van der Waals surface area contributed by atoms with Crippen molar-refractivity contribution in [1.82, 2.24) is 24.5 Å². The van der Waals surface area contributed by atoms with Gasteiger partial charge < -0.3 is 4.74 Å². The van der Waals surface area contributed by atoms with Crippen molar-refractivity contribution in [3.8, 4) is 11.1 Å². The van der Waals surface area contributed by atoms with Gasteiger partial charge in [0, 0.05) is 16.1 Å². The Bertz CT molecular complexity index is 1610. The maximum absolute atomic E-state index is 13.3. The number of hydrogen-bond donors (Lipinski definition) is 0. The van der Waals surface area contributed by atoms with Crippen LogP contribution in [0.2, 0.25) is 66.2 Å². The second-order valence-electron chi connectivity index (χ2n) is 19.2. The van der Waals surface area contributed by atoms with Crippen molar-refractivity contribution in [2.45, 2.75) is 136 Å². The molecular weight excluding hydrogens is 779 g/mol. The molecule has 2 fully saturated rings. The second-order valence-corrected chi connectivity index (χ2v) is 44.7. The van der Waals surface area contributed by atoms with Gasteiger partial charge in [-0.3, -0.25) is 0 Å². The van der Waals surface area contributed by atoms with Gasteiger partial charge in [-0.15, -0.1) is 0 Å². The summed E-state index contributed by atoms with van der Waals surface area (Å²) < 4.78 is 21.8. The van der Waals surface area contributed by atoms with E-state index in [1.807, 2.05) is 42.6 Å². The van der Waals surface area contributed by atoms with Gasteiger partial charge >= 0.3 is 211 Å². The van der Waals surface area contributed by atoms with Crippen LogP contribution in [-0.2, 0) is 14.2 Å². The zero-order chi connectivity index (χ0) is 37.4. The topological polar surface area (TPSA) is 94.3 Å². The molecule has 0 aromatic carbocycles. The third kappa shape index (κ3) is 10.8. The van der Waals surface area contributed by atoms with E-state index in [2.05, 4.69) is 77.2 Å². The monoisotopic (exact) mass is 844 g/mol. The minimum atomic E-state index is -2.33. The molecule has 0 N–H and O–H groups in total. The third-order valence-electron chi connectivity index (χ3n) is 9.88. The number of piperidine rings is 1. The summed E-state index contributed by atoms with van der Waals surface area (Å²) in [6, 6.07) is 9.07. The molecule has 0 spiro atoms. The first kappa shape index (κ1) is 40.2. The number of carbonyl (C=O) groups excluding carboxylic acids is 1.